The van der Waals surface area contributed by atoms with Crippen LogP contribution in [0.3, 0.4) is 0 Å². The quantitative estimate of drug-likeness (QED) is 0.536. The molecule has 0 saturated carbocycles. The third-order valence-corrected chi connectivity index (χ3v) is 3.90. The molecule has 2 N–H and O–H groups in total. The number of benzene rings is 2. The number of rotatable bonds is 6. The molecule has 4 rings (SSSR count). The van der Waals surface area contributed by atoms with E-state index in [9.17, 15) is 4.79 Å². The molecule has 0 aliphatic rings. The molecule has 27 heavy (non-hydrogen) atoms. The van der Waals surface area contributed by atoms with Crippen molar-refractivity contribution in [3.63, 3.8) is 0 Å². The van der Waals surface area contributed by atoms with Crippen molar-refractivity contribution in [2.24, 2.45) is 0 Å². The topological polar surface area (TPSA) is 76.2 Å². The number of pyridine rings is 1. The highest BCUT2D eigenvalue weighted by Gasteiger charge is 2.07. The summed E-state index contributed by atoms with van der Waals surface area (Å²) < 4.78 is 11.3. The molecule has 0 saturated heterocycles. The number of nitrogens with zero attached hydrogens (tertiary/aromatic N) is 1. The second-order valence-corrected chi connectivity index (χ2v) is 5.83. The summed E-state index contributed by atoms with van der Waals surface area (Å²) in [6.45, 7) is -0.0717. The molecular weight excluding hydrogens is 342 g/mol. The number of hydrogen-bond donors (Lipinski definition) is 2. The minimum Gasteiger partial charge on any atom is -0.484 e. The number of aromatic nitrogens is 2. The Balaban J connectivity index is 1.36. The molecule has 1 amide bonds. The molecule has 0 radical (unpaired) electrons. The van der Waals surface area contributed by atoms with Gasteiger partial charge in [0.2, 0.25) is 5.88 Å². The van der Waals surface area contributed by atoms with E-state index >= 15 is 0 Å². The van der Waals surface area contributed by atoms with Crippen LogP contribution in [0, 0.1) is 0 Å². The summed E-state index contributed by atoms with van der Waals surface area (Å²) in [5.41, 5.74) is 1.57. The van der Waals surface area contributed by atoms with Crippen molar-refractivity contribution in [1.29, 1.82) is 0 Å². The van der Waals surface area contributed by atoms with Crippen LogP contribution < -0.4 is 14.8 Å². The largest absolute Gasteiger partial charge is 0.484 e. The van der Waals surface area contributed by atoms with Crippen LogP contribution in [0.25, 0.3) is 10.9 Å². The van der Waals surface area contributed by atoms with Crippen LogP contribution in [0.4, 0.5) is 5.69 Å². The Morgan fingerprint density at radius 1 is 1.00 bits per heavy atom. The zero-order valence-electron chi connectivity index (χ0n) is 14.4. The molecule has 0 aliphatic carbocycles. The molecule has 6 heteroatoms. The number of fused-ring (bicyclic) bond motifs is 1. The number of carbonyl (C=O) groups excluding carboxylic acids is 1. The van der Waals surface area contributed by atoms with Crippen LogP contribution in [0.1, 0.15) is 0 Å². The van der Waals surface area contributed by atoms with Crippen LogP contribution in [0.2, 0.25) is 0 Å². The monoisotopic (exact) mass is 359 g/mol. The van der Waals surface area contributed by atoms with Crippen LogP contribution in [0.15, 0.2) is 79.1 Å². The molecule has 0 aliphatic heterocycles. The molecule has 134 valence electrons. The summed E-state index contributed by atoms with van der Waals surface area (Å²) in [7, 11) is 0. The van der Waals surface area contributed by atoms with Crippen molar-refractivity contribution in [2.45, 2.75) is 0 Å². The third-order valence-electron chi connectivity index (χ3n) is 3.90. The van der Waals surface area contributed by atoms with Crippen LogP contribution >= 0.6 is 0 Å². The van der Waals surface area contributed by atoms with Crippen molar-refractivity contribution in [3.8, 4) is 17.4 Å². The number of aromatic amines is 1. The fraction of sp³-hybridized carbons (Fsp3) is 0.0476. The van der Waals surface area contributed by atoms with E-state index in [2.05, 4.69) is 15.3 Å². The first-order valence-electron chi connectivity index (χ1n) is 8.46. The molecule has 0 spiro atoms. The van der Waals surface area contributed by atoms with Gasteiger partial charge in [0.15, 0.2) is 6.61 Å². The molecule has 0 atom stereocenters. The van der Waals surface area contributed by atoms with Gasteiger partial charge in [-0.3, -0.25) is 4.79 Å². The SMILES string of the molecule is O=C(COc1ccccc1)Nc1ccc(Oc2cccc3[nH]ccc23)nc1. The van der Waals surface area contributed by atoms with Crippen LogP contribution in [0.5, 0.6) is 17.4 Å². The van der Waals surface area contributed by atoms with Gasteiger partial charge in [-0.1, -0.05) is 24.3 Å². The minimum absolute atomic E-state index is 0.0717. The second kappa shape index (κ2) is 7.61. The van der Waals surface area contributed by atoms with E-state index in [0.717, 1.165) is 10.9 Å². The summed E-state index contributed by atoms with van der Waals surface area (Å²) in [4.78, 5) is 19.4. The molecular formula is C21H17N3O3. The Labute approximate surface area is 155 Å². The van der Waals surface area contributed by atoms with Gasteiger partial charge in [0.1, 0.15) is 11.5 Å². The average Bonchev–Trinajstić information content (AvgIpc) is 3.19. The lowest BCUT2D eigenvalue weighted by molar-refractivity contribution is -0.118. The van der Waals surface area contributed by atoms with E-state index in [-0.39, 0.29) is 12.5 Å². The second-order valence-electron chi connectivity index (χ2n) is 5.83. The van der Waals surface area contributed by atoms with E-state index < -0.39 is 0 Å². The predicted molar refractivity (Wildman–Crippen MR) is 103 cm³/mol. The van der Waals surface area contributed by atoms with Crippen molar-refractivity contribution >= 4 is 22.5 Å². The van der Waals surface area contributed by atoms with Gasteiger partial charge in [0, 0.05) is 23.2 Å². The molecule has 0 fully saturated rings. The van der Waals surface area contributed by atoms with Gasteiger partial charge < -0.3 is 19.8 Å². The van der Waals surface area contributed by atoms with Gasteiger partial charge >= 0.3 is 0 Å². The molecule has 0 bridgehead atoms. The summed E-state index contributed by atoms with van der Waals surface area (Å²) in [5.74, 6) is 1.55. The number of carbonyl (C=O) groups is 1. The highest BCUT2D eigenvalue weighted by atomic mass is 16.5. The number of amides is 1. The fourth-order valence-corrected chi connectivity index (χ4v) is 2.64. The molecule has 2 aromatic carbocycles. The van der Waals surface area contributed by atoms with Gasteiger partial charge in [-0.25, -0.2) is 4.98 Å². The number of hydrogen-bond acceptors (Lipinski definition) is 4. The Morgan fingerprint density at radius 3 is 2.70 bits per heavy atom. The average molecular weight is 359 g/mol. The first-order chi connectivity index (χ1) is 13.3. The lowest BCUT2D eigenvalue weighted by Gasteiger charge is -2.09. The van der Waals surface area contributed by atoms with Crippen molar-refractivity contribution in [1.82, 2.24) is 9.97 Å². The van der Waals surface area contributed by atoms with Gasteiger partial charge in [0.25, 0.3) is 5.91 Å². The highest BCUT2D eigenvalue weighted by molar-refractivity contribution is 5.91. The van der Waals surface area contributed by atoms with E-state index in [1.807, 2.05) is 48.7 Å². The summed E-state index contributed by atoms with van der Waals surface area (Å²) in [5, 5.41) is 3.72. The number of anilines is 1. The lowest BCUT2D eigenvalue weighted by Crippen LogP contribution is -2.20. The van der Waals surface area contributed by atoms with Crippen molar-refractivity contribution in [2.75, 3.05) is 11.9 Å². The molecule has 6 nitrogen and oxygen atoms in total. The molecule has 0 unspecified atom stereocenters. The van der Waals surface area contributed by atoms with Crippen molar-refractivity contribution in [3.05, 3.63) is 79.1 Å². The van der Waals surface area contributed by atoms with Gasteiger partial charge in [-0.15, -0.1) is 0 Å². The normalized spacial score (nSPS) is 10.5. The molecule has 2 aromatic heterocycles. The molecule has 4 aromatic rings. The highest BCUT2D eigenvalue weighted by Crippen LogP contribution is 2.28. The smallest absolute Gasteiger partial charge is 0.262 e. The van der Waals surface area contributed by atoms with E-state index in [1.54, 1.807) is 30.5 Å². The summed E-state index contributed by atoms with van der Waals surface area (Å²) >= 11 is 0. The number of H-pyrrole nitrogens is 1. The standard InChI is InChI=1S/C21H17N3O3/c25-20(14-26-16-5-2-1-3-6-16)24-15-9-10-21(23-13-15)27-19-8-4-7-18-17(19)11-12-22-18/h1-13,22H,14H2,(H,24,25). The first kappa shape index (κ1) is 16.7. The minimum atomic E-state index is -0.258. The Kier molecular flexibility index (Phi) is 4.70. The number of ether oxygens (including phenoxy) is 2. The number of para-hydroxylation sites is 1. The first-order valence-corrected chi connectivity index (χ1v) is 8.46. The number of nitrogens with one attached hydrogen (secondary N) is 2. The third kappa shape index (κ3) is 4.07. The van der Waals surface area contributed by atoms with E-state index in [0.29, 0.717) is 23.1 Å². The van der Waals surface area contributed by atoms with Gasteiger partial charge in [-0.05, 0) is 36.4 Å². The lowest BCUT2D eigenvalue weighted by atomic mass is 10.2. The van der Waals surface area contributed by atoms with E-state index in [4.69, 9.17) is 9.47 Å². The van der Waals surface area contributed by atoms with Crippen LogP contribution in [-0.2, 0) is 4.79 Å². The summed E-state index contributed by atoms with van der Waals surface area (Å²) in [6, 6.07) is 20.4. The van der Waals surface area contributed by atoms with E-state index in [1.165, 1.54) is 0 Å². The zero-order valence-corrected chi connectivity index (χ0v) is 14.4. The maximum atomic E-state index is 12.0. The maximum Gasteiger partial charge on any atom is 0.262 e. The van der Waals surface area contributed by atoms with Crippen LogP contribution in [-0.4, -0.2) is 22.5 Å². The van der Waals surface area contributed by atoms with Gasteiger partial charge in [-0.2, -0.15) is 0 Å². The van der Waals surface area contributed by atoms with Gasteiger partial charge in [0.05, 0.1) is 11.9 Å². The maximum absolute atomic E-state index is 12.0. The Hall–Kier alpha value is -3.80. The van der Waals surface area contributed by atoms with Crippen molar-refractivity contribution < 1.29 is 14.3 Å². The Bertz CT molecular complexity index is 1040. The summed E-state index contributed by atoms with van der Waals surface area (Å²) in [6.07, 6.45) is 3.41. The predicted octanol–water partition coefficient (Wildman–Crippen LogP) is 4.37. The fourth-order valence-electron chi connectivity index (χ4n) is 2.64. The Morgan fingerprint density at radius 2 is 1.89 bits per heavy atom. The molecule has 2 heterocycles. The zero-order chi connectivity index (χ0) is 18.5.